The van der Waals surface area contributed by atoms with Gasteiger partial charge in [-0.25, -0.2) is 0 Å². The van der Waals surface area contributed by atoms with E-state index >= 15 is 0 Å². The van der Waals surface area contributed by atoms with Crippen LogP contribution in [-0.2, 0) is 14.3 Å². The topological polar surface area (TPSA) is 43.4 Å². The summed E-state index contributed by atoms with van der Waals surface area (Å²) in [6.45, 7) is 4.21. The van der Waals surface area contributed by atoms with Gasteiger partial charge in [-0.15, -0.1) is 11.8 Å². The molecule has 0 heterocycles. The number of hydrogen-bond donors (Lipinski definition) is 0. The summed E-state index contributed by atoms with van der Waals surface area (Å²) in [5, 5.41) is -0.151. The number of esters is 1. The highest BCUT2D eigenvalue weighted by atomic mass is 32.2. The van der Waals surface area contributed by atoms with Gasteiger partial charge >= 0.3 is 5.97 Å². The molecule has 4 heteroatoms. The van der Waals surface area contributed by atoms with Crippen molar-refractivity contribution in [3.63, 3.8) is 0 Å². The van der Waals surface area contributed by atoms with E-state index in [0.29, 0.717) is 12.3 Å². The Morgan fingerprint density at radius 2 is 1.95 bits per heavy atom. The van der Waals surface area contributed by atoms with Crippen LogP contribution in [0.15, 0.2) is 35.2 Å². The van der Waals surface area contributed by atoms with Crippen molar-refractivity contribution >= 4 is 23.5 Å². The number of carbonyl (C=O) groups excluding carboxylic acids is 2. The minimum Gasteiger partial charge on any atom is -0.468 e. The monoisotopic (exact) mass is 292 g/mol. The zero-order chi connectivity index (χ0) is 14.7. The molecule has 0 bridgehead atoms. The number of ether oxygens (including phenoxy) is 1. The van der Waals surface area contributed by atoms with Gasteiger partial charge in [-0.3, -0.25) is 9.59 Å². The predicted octanol–water partition coefficient (Wildman–Crippen LogP) is 3.18. The summed E-state index contributed by atoms with van der Waals surface area (Å²) in [7, 11) is 1.34. The Balaban J connectivity index is 2.20. The number of hydrogen-bond acceptors (Lipinski definition) is 4. The third-order valence-electron chi connectivity index (χ3n) is 3.87. The highest BCUT2D eigenvalue weighted by molar-refractivity contribution is 8.00. The number of benzene rings is 1. The van der Waals surface area contributed by atoms with E-state index < -0.39 is 11.9 Å². The van der Waals surface area contributed by atoms with Crippen LogP contribution in [0.5, 0.6) is 0 Å². The standard InChI is InChI=1S/C16H20O3S/c1-10(2)12-9-13(16(18)19-3)14(17)15(12)20-11-7-5-4-6-8-11/h4-8,10,12-13,15H,9H2,1-3H3/t12-,13+,15+/m1/s1. The maximum absolute atomic E-state index is 12.5. The Morgan fingerprint density at radius 1 is 1.30 bits per heavy atom. The Bertz CT molecular complexity index is 484. The molecule has 20 heavy (non-hydrogen) atoms. The lowest BCUT2D eigenvalue weighted by molar-refractivity contribution is -0.148. The number of Topliss-reactive ketones (excluding diaryl/α,β-unsaturated/α-hetero) is 1. The van der Waals surface area contributed by atoms with E-state index in [0.717, 1.165) is 4.90 Å². The Kier molecular flexibility index (Phi) is 4.86. The fourth-order valence-electron chi connectivity index (χ4n) is 2.69. The van der Waals surface area contributed by atoms with Crippen molar-refractivity contribution in [2.45, 2.75) is 30.4 Å². The second kappa shape index (κ2) is 6.44. The third-order valence-corrected chi connectivity index (χ3v) is 5.25. The summed E-state index contributed by atoms with van der Waals surface area (Å²) in [6.07, 6.45) is 0.605. The van der Waals surface area contributed by atoms with Crippen LogP contribution in [0.3, 0.4) is 0 Å². The minimum atomic E-state index is -0.589. The van der Waals surface area contributed by atoms with Crippen LogP contribution >= 0.6 is 11.8 Å². The molecule has 3 nitrogen and oxygen atoms in total. The Hall–Kier alpha value is -1.29. The van der Waals surface area contributed by atoms with Gasteiger partial charge in [0.25, 0.3) is 0 Å². The van der Waals surface area contributed by atoms with E-state index in [4.69, 9.17) is 4.74 Å². The molecule has 0 aliphatic heterocycles. The Morgan fingerprint density at radius 3 is 2.50 bits per heavy atom. The zero-order valence-corrected chi connectivity index (χ0v) is 12.9. The molecule has 0 aromatic heterocycles. The van der Waals surface area contributed by atoms with Crippen molar-refractivity contribution in [3.05, 3.63) is 30.3 Å². The summed E-state index contributed by atoms with van der Waals surface area (Å²) in [4.78, 5) is 25.3. The average Bonchev–Trinajstić information content (AvgIpc) is 2.77. The van der Waals surface area contributed by atoms with Gasteiger partial charge < -0.3 is 4.74 Å². The number of carbonyl (C=O) groups is 2. The van der Waals surface area contributed by atoms with Gasteiger partial charge in [-0.05, 0) is 30.4 Å². The molecule has 3 atom stereocenters. The smallest absolute Gasteiger partial charge is 0.316 e. The lowest BCUT2D eigenvalue weighted by Crippen LogP contribution is -2.26. The molecule has 0 radical (unpaired) electrons. The molecule has 0 amide bonds. The molecule has 2 rings (SSSR count). The van der Waals surface area contributed by atoms with Crippen LogP contribution in [0, 0.1) is 17.8 Å². The van der Waals surface area contributed by atoms with E-state index in [1.54, 1.807) is 11.8 Å². The molecule has 1 aliphatic rings. The van der Waals surface area contributed by atoms with E-state index in [9.17, 15) is 9.59 Å². The summed E-state index contributed by atoms with van der Waals surface area (Å²) in [5.41, 5.74) is 0. The minimum absolute atomic E-state index is 0.0180. The first kappa shape index (κ1) is 15.1. The van der Waals surface area contributed by atoms with Gasteiger partial charge in [0, 0.05) is 4.90 Å². The molecular weight excluding hydrogens is 272 g/mol. The highest BCUT2D eigenvalue weighted by Gasteiger charge is 2.47. The van der Waals surface area contributed by atoms with Gasteiger partial charge in [-0.1, -0.05) is 32.0 Å². The molecular formula is C16H20O3S. The van der Waals surface area contributed by atoms with Crippen molar-refractivity contribution < 1.29 is 14.3 Å². The first-order valence-electron chi connectivity index (χ1n) is 6.88. The summed E-state index contributed by atoms with van der Waals surface area (Å²) >= 11 is 1.57. The molecule has 108 valence electrons. The van der Waals surface area contributed by atoms with Crippen LogP contribution in [0.4, 0.5) is 0 Å². The summed E-state index contributed by atoms with van der Waals surface area (Å²) < 4.78 is 4.76. The van der Waals surface area contributed by atoms with Crippen LogP contribution in [0.2, 0.25) is 0 Å². The first-order chi connectivity index (χ1) is 9.54. The van der Waals surface area contributed by atoms with Crippen LogP contribution in [0.25, 0.3) is 0 Å². The SMILES string of the molecule is COC(=O)[C@H]1C[C@H](C(C)C)[C@H](Sc2ccccc2)C1=O. The third kappa shape index (κ3) is 3.06. The number of rotatable bonds is 4. The molecule has 0 unspecified atom stereocenters. The van der Waals surface area contributed by atoms with Crippen LogP contribution in [0.1, 0.15) is 20.3 Å². The van der Waals surface area contributed by atoms with Crippen molar-refractivity contribution in [2.24, 2.45) is 17.8 Å². The van der Waals surface area contributed by atoms with E-state index in [2.05, 4.69) is 13.8 Å². The normalized spacial score (nSPS) is 26.0. The lowest BCUT2D eigenvalue weighted by Gasteiger charge is -2.21. The van der Waals surface area contributed by atoms with Crippen LogP contribution < -0.4 is 0 Å². The molecule has 1 fully saturated rings. The van der Waals surface area contributed by atoms with E-state index in [-0.39, 0.29) is 17.0 Å². The molecule has 0 spiro atoms. The highest BCUT2D eigenvalue weighted by Crippen LogP contribution is 2.43. The predicted molar refractivity (Wildman–Crippen MR) is 79.5 cm³/mol. The van der Waals surface area contributed by atoms with Crippen molar-refractivity contribution in [1.29, 1.82) is 0 Å². The molecule has 1 aromatic rings. The van der Waals surface area contributed by atoms with Gasteiger partial charge in [0.15, 0.2) is 5.78 Å². The number of ketones is 1. The van der Waals surface area contributed by atoms with Crippen molar-refractivity contribution in [3.8, 4) is 0 Å². The van der Waals surface area contributed by atoms with Crippen molar-refractivity contribution in [2.75, 3.05) is 7.11 Å². The molecule has 0 saturated heterocycles. The van der Waals surface area contributed by atoms with Gasteiger partial charge in [0.2, 0.25) is 0 Å². The second-order valence-electron chi connectivity index (χ2n) is 5.47. The first-order valence-corrected chi connectivity index (χ1v) is 7.75. The van der Waals surface area contributed by atoms with E-state index in [1.165, 1.54) is 7.11 Å². The molecule has 1 aromatic carbocycles. The molecule has 0 N–H and O–H groups in total. The van der Waals surface area contributed by atoms with E-state index in [1.807, 2.05) is 30.3 Å². The fourth-order valence-corrected chi connectivity index (χ4v) is 4.18. The molecule has 1 aliphatic carbocycles. The average molecular weight is 292 g/mol. The number of methoxy groups -OCH3 is 1. The van der Waals surface area contributed by atoms with Crippen molar-refractivity contribution in [1.82, 2.24) is 0 Å². The zero-order valence-electron chi connectivity index (χ0n) is 12.0. The second-order valence-corrected chi connectivity index (χ2v) is 6.69. The van der Waals surface area contributed by atoms with Crippen LogP contribution in [-0.4, -0.2) is 24.1 Å². The molecule has 1 saturated carbocycles. The maximum Gasteiger partial charge on any atom is 0.316 e. The summed E-state index contributed by atoms with van der Waals surface area (Å²) in [5.74, 6) is -0.374. The largest absolute Gasteiger partial charge is 0.468 e. The summed E-state index contributed by atoms with van der Waals surface area (Å²) in [6, 6.07) is 9.88. The fraction of sp³-hybridized carbons (Fsp3) is 0.500. The Labute approximate surface area is 124 Å². The maximum atomic E-state index is 12.5. The van der Waals surface area contributed by atoms with Gasteiger partial charge in [0.05, 0.1) is 12.4 Å². The lowest BCUT2D eigenvalue weighted by atomic mass is 9.93. The quantitative estimate of drug-likeness (QED) is 0.631. The van der Waals surface area contributed by atoms with Gasteiger partial charge in [0.1, 0.15) is 5.92 Å². The number of thioether (sulfide) groups is 1. The van der Waals surface area contributed by atoms with Gasteiger partial charge in [-0.2, -0.15) is 0 Å².